The van der Waals surface area contributed by atoms with Crippen LogP contribution >= 0.6 is 11.6 Å². The molecule has 39 heavy (non-hydrogen) atoms. The fraction of sp³-hybridized carbons (Fsp3) is 0.226. The van der Waals surface area contributed by atoms with Crippen molar-refractivity contribution in [1.82, 2.24) is 5.32 Å². The van der Waals surface area contributed by atoms with Crippen molar-refractivity contribution in [3.8, 4) is 0 Å². The predicted molar refractivity (Wildman–Crippen MR) is 148 cm³/mol. The first kappa shape index (κ1) is 26.4. The molecule has 7 nitrogen and oxygen atoms in total. The van der Waals surface area contributed by atoms with E-state index >= 15 is 0 Å². The van der Waals surface area contributed by atoms with Gasteiger partial charge < -0.3 is 10.1 Å². The highest BCUT2D eigenvalue weighted by Gasteiger charge is 2.41. The van der Waals surface area contributed by atoms with Crippen molar-refractivity contribution >= 4 is 29.0 Å². The van der Waals surface area contributed by atoms with E-state index in [1.807, 2.05) is 54.6 Å². The number of ketones is 1. The van der Waals surface area contributed by atoms with Gasteiger partial charge in [-0.3, -0.25) is 14.9 Å². The van der Waals surface area contributed by atoms with Crippen molar-refractivity contribution in [2.75, 3.05) is 6.61 Å². The Morgan fingerprint density at radius 1 is 1.00 bits per heavy atom. The maximum atomic E-state index is 13.7. The summed E-state index contributed by atoms with van der Waals surface area (Å²) in [5.41, 5.74) is 4.84. The maximum absolute atomic E-state index is 13.7. The summed E-state index contributed by atoms with van der Waals surface area (Å²) in [6.07, 6.45) is 1.42. The van der Waals surface area contributed by atoms with Crippen molar-refractivity contribution in [1.29, 1.82) is 0 Å². The number of hydrogen-bond donors (Lipinski definition) is 1. The highest BCUT2D eigenvalue weighted by Crippen LogP contribution is 2.46. The van der Waals surface area contributed by atoms with Gasteiger partial charge >= 0.3 is 5.97 Å². The number of ether oxygens (including phenoxy) is 1. The number of nitrogens with zero attached hydrogens (tertiary/aromatic N) is 1. The zero-order chi connectivity index (χ0) is 27.5. The van der Waals surface area contributed by atoms with E-state index in [2.05, 4.69) is 5.32 Å². The van der Waals surface area contributed by atoms with Gasteiger partial charge in [-0.05, 0) is 48.1 Å². The van der Waals surface area contributed by atoms with Crippen LogP contribution in [0.15, 0.2) is 101 Å². The number of nitrogens with one attached hydrogen (secondary N) is 1. The number of Topliss-reactive ketones (excluding diaryl/α,β-unsaturated/α-hetero) is 1. The molecule has 1 aliphatic heterocycles. The molecule has 198 valence electrons. The molecule has 0 radical (unpaired) electrons. The zero-order valence-corrected chi connectivity index (χ0v) is 22.1. The largest absolute Gasteiger partial charge is 0.462 e. The molecular formula is C31H27ClN2O5. The summed E-state index contributed by atoms with van der Waals surface area (Å²) in [4.78, 5) is 38.0. The average molecular weight is 543 g/mol. The van der Waals surface area contributed by atoms with Crippen LogP contribution in [0.5, 0.6) is 0 Å². The Labute approximate surface area is 231 Å². The Balaban J connectivity index is 1.48. The van der Waals surface area contributed by atoms with Crippen LogP contribution in [0.4, 0.5) is 5.69 Å². The monoisotopic (exact) mass is 542 g/mol. The fourth-order valence-electron chi connectivity index (χ4n) is 5.39. The van der Waals surface area contributed by atoms with E-state index in [1.54, 1.807) is 19.1 Å². The summed E-state index contributed by atoms with van der Waals surface area (Å²) in [7, 11) is 0. The molecule has 0 bridgehead atoms. The lowest BCUT2D eigenvalue weighted by atomic mass is 9.71. The smallest absolute Gasteiger partial charge is 0.336 e. The van der Waals surface area contributed by atoms with Crippen LogP contribution in [0.25, 0.3) is 0 Å². The lowest BCUT2D eigenvalue weighted by molar-refractivity contribution is -0.384. The molecule has 0 spiro atoms. The van der Waals surface area contributed by atoms with Crippen LogP contribution < -0.4 is 5.32 Å². The molecule has 5 rings (SSSR count). The number of dihydropyridines is 1. The van der Waals surface area contributed by atoms with Gasteiger partial charge in [0.1, 0.15) is 0 Å². The quantitative estimate of drug-likeness (QED) is 0.211. The van der Waals surface area contributed by atoms with Crippen LogP contribution in [-0.4, -0.2) is 23.3 Å². The molecule has 8 heteroatoms. The Hall–Kier alpha value is -4.23. The second-order valence-electron chi connectivity index (χ2n) is 9.79. The number of carbonyl (C=O) groups is 2. The van der Waals surface area contributed by atoms with E-state index in [9.17, 15) is 19.7 Å². The third kappa shape index (κ3) is 5.64. The van der Waals surface area contributed by atoms with Crippen molar-refractivity contribution < 1.29 is 19.2 Å². The number of allylic oxidation sites excluding steroid dienone is 3. The van der Waals surface area contributed by atoms with Crippen molar-refractivity contribution in [3.05, 3.63) is 133 Å². The molecule has 0 fully saturated rings. The third-order valence-electron chi connectivity index (χ3n) is 7.29. The highest BCUT2D eigenvalue weighted by molar-refractivity contribution is 6.30. The minimum absolute atomic E-state index is 0.0364. The van der Waals surface area contributed by atoms with Gasteiger partial charge in [0.25, 0.3) is 5.69 Å². The standard InChI is InChI=1S/C31H27ClN2O5/c1-19-28(31(36)39-16-15-20-5-3-2-4-6-20)29(22-9-13-25(14-10-22)34(37)38)30-26(33-19)17-23(18-27(30)35)21-7-11-24(32)12-8-21/h2-14,23,29,33H,15-18H2,1H3/t23-,29+/m1/s1. The lowest BCUT2D eigenvalue weighted by Gasteiger charge is -2.36. The maximum Gasteiger partial charge on any atom is 0.336 e. The normalized spacial score (nSPS) is 18.9. The summed E-state index contributed by atoms with van der Waals surface area (Å²) in [6.45, 7) is 1.98. The summed E-state index contributed by atoms with van der Waals surface area (Å²) in [5, 5.41) is 15.2. The minimum Gasteiger partial charge on any atom is -0.462 e. The van der Waals surface area contributed by atoms with E-state index in [4.69, 9.17) is 16.3 Å². The Bertz CT molecular complexity index is 1480. The molecule has 1 heterocycles. The van der Waals surface area contributed by atoms with Gasteiger partial charge in [0.15, 0.2) is 5.78 Å². The van der Waals surface area contributed by atoms with Crippen molar-refractivity contribution in [3.63, 3.8) is 0 Å². The first-order chi connectivity index (χ1) is 18.8. The summed E-state index contributed by atoms with van der Waals surface area (Å²) in [6, 6.07) is 23.2. The molecule has 0 saturated carbocycles. The number of benzene rings is 3. The Morgan fingerprint density at radius 2 is 1.67 bits per heavy atom. The highest BCUT2D eigenvalue weighted by atomic mass is 35.5. The van der Waals surface area contributed by atoms with E-state index < -0.39 is 16.8 Å². The molecule has 0 unspecified atom stereocenters. The van der Waals surface area contributed by atoms with Crippen LogP contribution in [0, 0.1) is 10.1 Å². The van der Waals surface area contributed by atoms with Crippen LogP contribution in [0.1, 0.15) is 48.3 Å². The second kappa shape index (κ2) is 11.3. The van der Waals surface area contributed by atoms with Gasteiger partial charge in [-0.15, -0.1) is 0 Å². The molecule has 2 atom stereocenters. The first-order valence-corrected chi connectivity index (χ1v) is 13.1. The molecule has 0 aromatic heterocycles. The molecule has 0 saturated heterocycles. The van der Waals surface area contributed by atoms with Crippen LogP contribution in [-0.2, 0) is 20.7 Å². The first-order valence-electron chi connectivity index (χ1n) is 12.8. The van der Waals surface area contributed by atoms with Crippen molar-refractivity contribution in [2.45, 2.75) is 38.0 Å². The van der Waals surface area contributed by atoms with Gasteiger partial charge in [-0.1, -0.05) is 66.2 Å². The van der Waals surface area contributed by atoms with Crippen LogP contribution in [0.2, 0.25) is 5.02 Å². The molecule has 0 amide bonds. The Kier molecular flexibility index (Phi) is 7.61. The fourth-order valence-corrected chi connectivity index (χ4v) is 5.51. The Morgan fingerprint density at radius 3 is 2.33 bits per heavy atom. The molecule has 1 N–H and O–H groups in total. The van der Waals surface area contributed by atoms with Gasteiger partial charge in [0, 0.05) is 52.9 Å². The van der Waals surface area contributed by atoms with E-state index in [-0.39, 0.29) is 30.4 Å². The molecule has 3 aromatic carbocycles. The topological polar surface area (TPSA) is 98.5 Å². The second-order valence-corrected chi connectivity index (χ2v) is 10.2. The number of halogens is 1. The number of nitro benzene ring substituents is 1. The third-order valence-corrected chi connectivity index (χ3v) is 7.54. The van der Waals surface area contributed by atoms with Gasteiger partial charge in [0.2, 0.25) is 0 Å². The average Bonchev–Trinajstić information content (AvgIpc) is 2.93. The van der Waals surface area contributed by atoms with Gasteiger partial charge in [-0.25, -0.2) is 4.79 Å². The van der Waals surface area contributed by atoms with Gasteiger partial charge in [-0.2, -0.15) is 0 Å². The zero-order valence-electron chi connectivity index (χ0n) is 21.4. The SMILES string of the molecule is CC1=C(C(=O)OCCc2ccccc2)[C@H](c2ccc([N+](=O)[O-])cc2)C2=C(C[C@@H](c3ccc(Cl)cc3)CC2=O)N1. The number of non-ortho nitro benzene ring substituents is 1. The summed E-state index contributed by atoms with van der Waals surface area (Å²) < 4.78 is 5.69. The van der Waals surface area contributed by atoms with Gasteiger partial charge in [0.05, 0.1) is 17.1 Å². The molecule has 2 aliphatic rings. The number of hydrogen-bond acceptors (Lipinski definition) is 6. The van der Waals surface area contributed by atoms with E-state index in [0.29, 0.717) is 40.3 Å². The molecule has 3 aromatic rings. The number of nitro groups is 1. The minimum atomic E-state index is -0.690. The summed E-state index contributed by atoms with van der Waals surface area (Å²) >= 11 is 6.06. The number of carbonyl (C=O) groups excluding carboxylic acids is 2. The predicted octanol–water partition coefficient (Wildman–Crippen LogP) is 6.40. The summed E-state index contributed by atoms with van der Waals surface area (Å²) in [5.74, 6) is -1.32. The molecule has 1 aliphatic carbocycles. The number of rotatable bonds is 7. The number of esters is 1. The van der Waals surface area contributed by atoms with E-state index in [0.717, 1.165) is 16.8 Å². The molecular weight excluding hydrogens is 516 g/mol. The van der Waals surface area contributed by atoms with E-state index in [1.165, 1.54) is 12.1 Å². The lowest BCUT2D eigenvalue weighted by Crippen LogP contribution is -2.36. The van der Waals surface area contributed by atoms with Crippen molar-refractivity contribution in [2.24, 2.45) is 0 Å². The van der Waals surface area contributed by atoms with Crippen LogP contribution in [0.3, 0.4) is 0 Å².